The van der Waals surface area contributed by atoms with Gasteiger partial charge in [0.2, 0.25) is 5.91 Å². The van der Waals surface area contributed by atoms with Gasteiger partial charge in [0.25, 0.3) is 5.89 Å². The van der Waals surface area contributed by atoms with Crippen LogP contribution in [0.5, 0.6) is 0 Å². The number of rotatable bonds is 8. The molecule has 0 radical (unpaired) electrons. The van der Waals surface area contributed by atoms with Crippen LogP contribution in [0.3, 0.4) is 0 Å². The Morgan fingerprint density at radius 2 is 1.68 bits per heavy atom. The first-order chi connectivity index (χ1) is 17.7. The smallest absolute Gasteiger partial charge is 0.264 e. The van der Waals surface area contributed by atoms with Crippen LogP contribution in [-0.2, 0) is 15.9 Å². The summed E-state index contributed by atoms with van der Waals surface area (Å²) in [6, 6.07) is 8.59. The highest BCUT2D eigenvalue weighted by molar-refractivity contribution is 5.94. The van der Waals surface area contributed by atoms with Gasteiger partial charge in [0.05, 0.1) is 0 Å². The van der Waals surface area contributed by atoms with Gasteiger partial charge in [0.15, 0.2) is 11.5 Å². The van der Waals surface area contributed by atoms with Gasteiger partial charge < -0.3 is 9.42 Å². The van der Waals surface area contributed by atoms with E-state index in [0.29, 0.717) is 50.3 Å². The molecule has 0 N–H and O–H groups in total. The predicted octanol–water partition coefficient (Wildman–Crippen LogP) is 6.81. The molecular weight excluding hydrogens is 472 g/mol. The summed E-state index contributed by atoms with van der Waals surface area (Å²) in [7, 11) is 0. The molecule has 196 valence electrons. The standard InChI is InChI=1S/C30H35F2N3O2/c31-29-16-27(17-29,18-29)15-23(36)35(22-3-1-2-21(14-22)20-4-5-20)19-26-6-9-28(10-7-26,11-8-26)24-33-25(37-34-24)30(32)12-13-30/h1-3,14,20H,4-13,15-19H2. The van der Waals surface area contributed by atoms with Crippen molar-refractivity contribution >= 4 is 11.6 Å². The number of alkyl halides is 2. The number of amides is 1. The molecule has 2 aromatic rings. The summed E-state index contributed by atoms with van der Waals surface area (Å²) in [5.74, 6) is 1.64. The Labute approximate surface area is 216 Å². The van der Waals surface area contributed by atoms with Crippen molar-refractivity contribution in [2.75, 3.05) is 11.4 Å². The molecule has 5 nitrogen and oxygen atoms in total. The molecule has 0 atom stereocenters. The van der Waals surface area contributed by atoms with E-state index >= 15 is 0 Å². The average Bonchev–Trinajstić information content (AvgIpc) is 3.80. The lowest BCUT2D eigenvalue weighted by molar-refractivity contribution is -0.215. The van der Waals surface area contributed by atoms with E-state index in [1.54, 1.807) is 0 Å². The highest BCUT2D eigenvalue weighted by atomic mass is 19.1. The first kappa shape index (κ1) is 22.7. The highest BCUT2D eigenvalue weighted by Gasteiger charge is 2.69. The van der Waals surface area contributed by atoms with E-state index in [2.05, 4.69) is 39.3 Å². The van der Waals surface area contributed by atoms with Crippen LogP contribution < -0.4 is 4.90 Å². The molecule has 8 saturated carbocycles. The Balaban J connectivity index is 1.03. The van der Waals surface area contributed by atoms with Gasteiger partial charge in [-0.15, -0.1) is 0 Å². The number of fused-ring (bicyclic) bond motifs is 3. The Morgan fingerprint density at radius 3 is 2.30 bits per heavy atom. The van der Waals surface area contributed by atoms with Crippen molar-refractivity contribution in [2.24, 2.45) is 10.8 Å². The molecule has 8 aliphatic rings. The first-order valence-corrected chi connectivity index (χ1v) is 14.3. The molecule has 10 rings (SSSR count). The van der Waals surface area contributed by atoms with Crippen LogP contribution in [0.25, 0.3) is 0 Å². The maximum absolute atomic E-state index is 14.5. The Morgan fingerprint density at radius 1 is 0.973 bits per heavy atom. The number of anilines is 1. The predicted molar refractivity (Wildman–Crippen MR) is 134 cm³/mol. The molecule has 4 bridgehead atoms. The summed E-state index contributed by atoms with van der Waals surface area (Å²) in [5.41, 5.74) is -0.199. The number of carbonyl (C=O) groups excluding carboxylic acids is 1. The molecular formula is C30H35F2N3O2. The van der Waals surface area contributed by atoms with Gasteiger partial charge in [-0.05, 0) is 118 Å². The van der Waals surface area contributed by atoms with Gasteiger partial charge in [-0.25, -0.2) is 8.78 Å². The van der Waals surface area contributed by atoms with Crippen molar-refractivity contribution < 1.29 is 18.1 Å². The number of hydrogen-bond donors (Lipinski definition) is 0. The summed E-state index contributed by atoms with van der Waals surface area (Å²) in [5, 5.41) is 4.25. The molecule has 0 spiro atoms. The second kappa shape index (κ2) is 7.20. The molecule has 1 aromatic carbocycles. The molecule has 0 aliphatic heterocycles. The lowest BCUT2D eigenvalue weighted by Gasteiger charge is -2.66. The van der Waals surface area contributed by atoms with Crippen LogP contribution in [0.2, 0.25) is 0 Å². The third-order valence-corrected chi connectivity index (χ3v) is 11.0. The maximum Gasteiger partial charge on any atom is 0.264 e. The zero-order valence-corrected chi connectivity index (χ0v) is 21.4. The first-order valence-electron chi connectivity index (χ1n) is 14.3. The number of halogens is 2. The molecule has 37 heavy (non-hydrogen) atoms. The third-order valence-electron chi connectivity index (χ3n) is 11.0. The van der Waals surface area contributed by atoms with Gasteiger partial charge in [-0.2, -0.15) is 4.98 Å². The van der Waals surface area contributed by atoms with Crippen molar-refractivity contribution in [2.45, 2.75) is 113 Å². The molecule has 0 unspecified atom stereocenters. The van der Waals surface area contributed by atoms with Gasteiger partial charge in [-0.1, -0.05) is 17.3 Å². The second-order valence-electron chi connectivity index (χ2n) is 13.9. The topological polar surface area (TPSA) is 59.2 Å². The van der Waals surface area contributed by atoms with Crippen LogP contribution >= 0.6 is 0 Å². The van der Waals surface area contributed by atoms with Crippen molar-refractivity contribution in [3.8, 4) is 0 Å². The fraction of sp³-hybridized carbons (Fsp3) is 0.700. The van der Waals surface area contributed by atoms with Gasteiger partial charge in [0, 0.05) is 24.1 Å². The molecule has 0 saturated heterocycles. The van der Waals surface area contributed by atoms with E-state index in [4.69, 9.17) is 4.52 Å². The summed E-state index contributed by atoms with van der Waals surface area (Å²) in [6.07, 6.45) is 11.4. The quantitative estimate of drug-likeness (QED) is 0.394. The maximum atomic E-state index is 14.5. The number of hydrogen-bond acceptors (Lipinski definition) is 4. The van der Waals surface area contributed by atoms with E-state index in [0.717, 1.165) is 50.8 Å². The lowest BCUT2D eigenvalue weighted by atomic mass is 9.41. The van der Waals surface area contributed by atoms with E-state index in [9.17, 15) is 13.6 Å². The second-order valence-corrected chi connectivity index (χ2v) is 13.9. The third kappa shape index (κ3) is 3.55. The molecule has 1 amide bonds. The summed E-state index contributed by atoms with van der Waals surface area (Å²) in [4.78, 5) is 20.4. The fourth-order valence-corrected chi connectivity index (χ4v) is 8.27. The van der Waals surface area contributed by atoms with Crippen molar-refractivity contribution in [1.29, 1.82) is 0 Å². The van der Waals surface area contributed by atoms with Crippen LogP contribution in [0.4, 0.5) is 14.5 Å². The van der Waals surface area contributed by atoms with Crippen LogP contribution in [0.1, 0.15) is 113 Å². The van der Waals surface area contributed by atoms with Crippen molar-refractivity contribution in [1.82, 2.24) is 10.1 Å². The Bertz CT molecular complexity index is 1230. The van der Waals surface area contributed by atoms with Crippen molar-refractivity contribution in [3.63, 3.8) is 0 Å². The molecule has 8 aliphatic carbocycles. The minimum Gasteiger partial charge on any atom is -0.336 e. The van der Waals surface area contributed by atoms with Crippen LogP contribution in [-0.4, -0.2) is 28.3 Å². The number of aromatic nitrogens is 2. The summed E-state index contributed by atoms with van der Waals surface area (Å²) in [6.45, 7) is 0.720. The Hall–Kier alpha value is -2.31. The van der Waals surface area contributed by atoms with E-state index in [1.807, 2.05) is 0 Å². The van der Waals surface area contributed by atoms with Crippen molar-refractivity contribution in [3.05, 3.63) is 41.5 Å². The lowest BCUT2D eigenvalue weighted by Crippen LogP contribution is -2.65. The zero-order valence-electron chi connectivity index (χ0n) is 21.4. The average molecular weight is 508 g/mol. The molecule has 1 heterocycles. The van der Waals surface area contributed by atoms with Crippen LogP contribution in [0.15, 0.2) is 28.8 Å². The monoisotopic (exact) mass is 507 g/mol. The summed E-state index contributed by atoms with van der Waals surface area (Å²) >= 11 is 0. The highest BCUT2D eigenvalue weighted by Crippen LogP contribution is 2.71. The van der Waals surface area contributed by atoms with Crippen LogP contribution in [0, 0.1) is 10.8 Å². The normalized spacial score (nSPS) is 38.5. The SMILES string of the molecule is O=C(CC12CC(F)(C1)C2)N(CC12CCC(c3noc(C4(F)CC4)n3)(CC1)CC2)c1cccc(C2CC2)c1. The minimum atomic E-state index is -1.40. The summed E-state index contributed by atoms with van der Waals surface area (Å²) < 4.78 is 34.1. The minimum absolute atomic E-state index is 0.0676. The fourth-order valence-electron chi connectivity index (χ4n) is 8.27. The van der Waals surface area contributed by atoms with Gasteiger partial charge in [0.1, 0.15) is 5.67 Å². The number of benzene rings is 1. The van der Waals surface area contributed by atoms with E-state index in [-0.39, 0.29) is 28.0 Å². The Kier molecular flexibility index (Phi) is 4.41. The molecule has 7 heteroatoms. The molecule has 1 aromatic heterocycles. The number of nitrogens with zero attached hydrogens (tertiary/aromatic N) is 3. The molecule has 8 fully saturated rings. The number of carbonyl (C=O) groups is 1. The van der Waals surface area contributed by atoms with E-state index in [1.165, 1.54) is 18.4 Å². The largest absolute Gasteiger partial charge is 0.336 e. The van der Waals surface area contributed by atoms with E-state index < -0.39 is 11.3 Å². The van der Waals surface area contributed by atoms with Gasteiger partial charge in [-0.3, -0.25) is 4.79 Å². The zero-order chi connectivity index (χ0) is 25.1. The van der Waals surface area contributed by atoms with Gasteiger partial charge >= 0.3 is 0 Å².